The average molecular weight is 426 g/mol. The van der Waals surface area contributed by atoms with Crippen LogP contribution in [0.2, 0.25) is 5.02 Å². The Bertz CT molecular complexity index is 1190. The number of nitrogens with one attached hydrogen (secondary N) is 1. The monoisotopic (exact) mass is 425 g/mol. The first-order chi connectivity index (χ1) is 14.6. The van der Waals surface area contributed by atoms with E-state index in [1.165, 1.54) is 17.8 Å². The molecule has 7 nitrogen and oxygen atoms in total. The molecule has 1 aromatic carbocycles. The first-order valence-electron chi connectivity index (χ1n) is 10.4. The molecule has 156 valence electrons. The third kappa shape index (κ3) is 3.69. The summed E-state index contributed by atoms with van der Waals surface area (Å²) in [5.41, 5.74) is 2.33. The lowest BCUT2D eigenvalue weighted by atomic mass is 10.0. The summed E-state index contributed by atoms with van der Waals surface area (Å²) in [4.78, 5) is 31.4. The Morgan fingerprint density at radius 2 is 1.93 bits per heavy atom. The van der Waals surface area contributed by atoms with E-state index < -0.39 is 0 Å². The van der Waals surface area contributed by atoms with E-state index in [0.29, 0.717) is 23.8 Å². The molecule has 30 heavy (non-hydrogen) atoms. The van der Waals surface area contributed by atoms with Crippen LogP contribution in [0.1, 0.15) is 24.4 Å². The van der Waals surface area contributed by atoms with Crippen LogP contribution in [0.25, 0.3) is 11.2 Å². The normalized spacial score (nSPS) is 19.6. The molecule has 0 aliphatic carbocycles. The second kappa shape index (κ2) is 7.98. The van der Waals surface area contributed by atoms with Gasteiger partial charge in [0.1, 0.15) is 11.2 Å². The highest BCUT2D eigenvalue weighted by Gasteiger charge is 2.29. The Labute approximate surface area is 178 Å². The highest BCUT2D eigenvalue weighted by Crippen LogP contribution is 2.24. The zero-order chi connectivity index (χ0) is 20.7. The molecule has 1 atom stereocenters. The van der Waals surface area contributed by atoms with Gasteiger partial charge in [0.25, 0.3) is 11.1 Å². The molecule has 0 spiro atoms. The molecule has 8 heteroatoms. The number of hydrogen-bond donors (Lipinski definition) is 1. The minimum Gasteiger partial charge on any atom is -0.310 e. The lowest BCUT2D eigenvalue weighted by Gasteiger charge is -2.34. The topological polar surface area (TPSA) is 72.2 Å². The van der Waals surface area contributed by atoms with Crippen molar-refractivity contribution in [3.63, 3.8) is 0 Å². The van der Waals surface area contributed by atoms with E-state index in [1.807, 2.05) is 18.2 Å². The van der Waals surface area contributed by atoms with Crippen molar-refractivity contribution in [3.05, 3.63) is 73.9 Å². The third-order valence-corrected chi connectivity index (χ3v) is 6.45. The van der Waals surface area contributed by atoms with Crippen molar-refractivity contribution in [2.24, 2.45) is 0 Å². The largest absolute Gasteiger partial charge is 0.310 e. The van der Waals surface area contributed by atoms with Crippen molar-refractivity contribution >= 4 is 22.8 Å². The Balaban J connectivity index is 1.22. The summed E-state index contributed by atoms with van der Waals surface area (Å²) in [5.74, 6) is 0. The van der Waals surface area contributed by atoms with E-state index in [2.05, 4.69) is 21.3 Å². The number of hydrogen-bond acceptors (Lipinski definition) is 5. The summed E-state index contributed by atoms with van der Waals surface area (Å²) in [5, 5.41) is 4.40. The Hall–Kier alpha value is -2.48. The van der Waals surface area contributed by atoms with Crippen molar-refractivity contribution in [1.29, 1.82) is 0 Å². The predicted molar refractivity (Wildman–Crippen MR) is 117 cm³/mol. The maximum atomic E-state index is 12.5. The summed E-state index contributed by atoms with van der Waals surface area (Å²) < 4.78 is 3.45. The fraction of sp³-hybridized carbons (Fsp3) is 0.409. The van der Waals surface area contributed by atoms with Gasteiger partial charge in [-0.1, -0.05) is 23.7 Å². The van der Waals surface area contributed by atoms with Gasteiger partial charge in [0.15, 0.2) is 0 Å². The summed E-state index contributed by atoms with van der Waals surface area (Å²) in [6.45, 7) is 4.05. The predicted octanol–water partition coefficient (Wildman–Crippen LogP) is 2.02. The molecule has 0 bridgehead atoms. The second-order valence-electron chi connectivity index (χ2n) is 8.20. The SMILES string of the molecule is O=c1ccc2ncc(=O)n3c2n1CC3CN1CCC(NCc2cccc(Cl)c2)CC1. The Kier molecular flexibility index (Phi) is 5.18. The lowest BCUT2D eigenvalue weighted by molar-refractivity contribution is 0.171. The van der Waals surface area contributed by atoms with Crippen LogP contribution < -0.4 is 16.4 Å². The molecule has 2 aliphatic rings. The molecule has 0 saturated carbocycles. The van der Waals surface area contributed by atoms with Gasteiger partial charge in [-0.15, -0.1) is 0 Å². The van der Waals surface area contributed by atoms with Gasteiger partial charge >= 0.3 is 0 Å². The number of pyridine rings is 1. The van der Waals surface area contributed by atoms with Gasteiger partial charge in [0, 0.05) is 36.8 Å². The Morgan fingerprint density at radius 3 is 2.73 bits per heavy atom. The summed E-state index contributed by atoms with van der Waals surface area (Å²) in [7, 11) is 0. The van der Waals surface area contributed by atoms with Crippen molar-refractivity contribution in [1.82, 2.24) is 24.3 Å². The third-order valence-electron chi connectivity index (χ3n) is 6.21. The van der Waals surface area contributed by atoms with Crippen molar-refractivity contribution in [3.8, 4) is 0 Å². The van der Waals surface area contributed by atoms with Gasteiger partial charge in [-0.25, -0.2) is 4.98 Å². The molecule has 1 unspecified atom stereocenters. The van der Waals surface area contributed by atoms with E-state index in [1.54, 1.807) is 15.2 Å². The van der Waals surface area contributed by atoms with E-state index in [0.717, 1.165) is 44.0 Å². The van der Waals surface area contributed by atoms with E-state index in [-0.39, 0.29) is 17.2 Å². The number of piperidine rings is 1. The minimum absolute atomic E-state index is 0.0333. The fourth-order valence-electron chi connectivity index (χ4n) is 4.69. The molecule has 0 radical (unpaired) electrons. The molecule has 1 saturated heterocycles. The van der Waals surface area contributed by atoms with E-state index in [4.69, 9.17) is 11.6 Å². The molecule has 0 amide bonds. The van der Waals surface area contributed by atoms with Gasteiger partial charge in [0.2, 0.25) is 0 Å². The van der Waals surface area contributed by atoms with Crippen LogP contribution in [-0.2, 0) is 13.1 Å². The van der Waals surface area contributed by atoms with Crippen LogP contribution >= 0.6 is 11.6 Å². The molecular formula is C22H24ClN5O2. The molecule has 1 N–H and O–H groups in total. The minimum atomic E-state index is -0.137. The van der Waals surface area contributed by atoms with Gasteiger partial charge < -0.3 is 10.2 Å². The fourth-order valence-corrected chi connectivity index (χ4v) is 4.90. The molecule has 1 fully saturated rings. The standard InChI is InChI=1S/C22H24ClN5O2/c23-16-3-1-2-15(10-16)11-24-17-6-8-26(9-7-17)13-18-14-27-20(29)5-4-19-22(27)28(18)21(30)12-25-19/h1-5,10,12,17-18,24H,6-9,11,13-14H2. The molecular weight excluding hydrogens is 402 g/mol. The van der Waals surface area contributed by atoms with Crippen LogP contribution in [0.5, 0.6) is 0 Å². The number of likely N-dealkylation sites (tertiary alicyclic amines) is 1. The number of nitrogens with zero attached hydrogens (tertiary/aromatic N) is 4. The molecule has 4 heterocycles. The first kappa shape index (κ1) is 19.5. The van der Waals surface area contributed by atoms with Gasteiger partial charge in [0.05, 0.1) is 12.2 Å². The van der Waals surface area contributed by atoms with Gasteiger partial charge in [-0.05, 0) is 49.7 Å². The van der Waals surface area contributed by atoms with Crippen LogP contribution in [0.15, 0.2) is 52.2 Å². The van der Waals surface area contributed by atoms with E-state index in [9.17, 15) is 9.59 Å². The summed E-state index contributed by atoms with van der Waals surface area (Å²) in [6, 6.07) is 11.6. The van der Waals surface area contributed by atoms with E-state index >= 15 is 0 Å². The highest BCUT2D eigenvalue weighted by molar-refractivity contribution is 6.30. The molecule has 5 rings (SSSR count). The maximum absolute atomic E-state index is 12.5. The quantitative estimate of drug-likeness (QED) is 0.677. The summed E-state index contributed by atoms with van der Waals surface area (Å²) in [6.07, 6.45) is 3.48. The maximum Gasteiger partial charge on any atom is 0.270 e. The number of halogens is 1. The second-order valence-corrected chi connectivity index (χ2v) is 8.63. The van der Waals surface area contributed by atoms with Gasteiger partial charge in [-0.3, -0.25) is 18.7 Å². The van der Waals surface area contributed by atoms with Crippen LogP contribution in [0.3, 0.4) is 0 Å². The van der Waals surface area contributed by atoms with Crippen LogP contribution in [0.4, 0.5) is 0 Å². The number of benzene rings is 1. The molecule has 2 aliphatic heterocycles. The summed E-state index contributed by atoms with van der Waals surface area (Å²) >= 11 is 6.07. The van der Waals surface area contributed by atoms with Crippen molar-refractivity contribution in [2.45, 2.75) is 38.0 Å². The van der Waals surface area contributed by atoms with Crippen LogP contribution in [0, 0.1) is 0 Å². The first-order valence-corrected chi connectivity index (χ1v) is 10.8. The zero-order valence-electron chi connectivity index (χ0n) is 16.6. The number of rotatable bonds is 5. The molecule has 2 aromatic heterocycles. The zero-order valence-corrected chi connectivity index (χ0v) is 17.4. The average Bonchev–Trinajstić information content (AvgIpc) is 3.13. The number of aromatic nitrogens is 3. The van der Waals surface area contributed by atoms with Crippen molar-refractivity contribution < 1.29 is 0 Å². The lowest BCUT2D eigenvalue weighted by Crippen LogP contribution is -2.44. The van der Waals surface area contributed by atoms with Crippen LogP contribution in [-0.4, -0.2) is 44.7 Å². The highest BCUT2D eigenvalue weighted by atomic mass is 35.5. The smallest absolute Gasteiger partial charge is 0.270 e. The Morgan fingerprint density at radius 1 is 1.10 bits per heavy atom. The van der Waals surface area contributed by atoms with Gasteiger partial charge in [-0.2, -0.15) is 0 Å². The van der Waals surface area contributed by atoms with Crippen molar-refractivity contribution in [2.75, 3.05) is 19.6 Å². The molecule has 3 aromatic rings.